The van der Waals surface area contributed by atoms with Crippen molar-refractivity contribution in [3.05, 3.63) is 41.5 Å². The Morgan fingerprint density at radius 3 is 2.52 bits per heavy atom. The zero-order chi connectivity index (χ0) is 18.8. The predicted octanol–water partition coefficient (Wildman–Crippen LogP) is 3.10. The van der Waals surface area contributed by atoms with Gasteiger partial charge in [-0.2, -0.15) is 0 Å². The summed E-state index contributed by atoms with van der Waals surface area (Å²) in [6, 6.07) is 6.86. The Morgan fingerprint density at radius 1 is 0.963 bits per heavy atom. The topological polar surface area (TPSA) is 72.5 Å². The lowest BCUT2D eigenvalue weighted by atomic mass is 10.1. The van der Waals surface area contributed by atoms with Crippen LogP contribution < -0.4 is 28.4 Å². The van der Waals surface area contributed by atoms with E-state index in [1.54, 1.807) is 30.3 Å². The molecule has 0 bridgehead atoms. The molecule has 0 fully saturated rings. The third-order valence-electron chi connectivity index (χ3n) is 4.26. The van der Waals surface area contributed by atoms with E-state index in [1.807, 2.05) is 0 Å². The molecular weight excluding hydrogens is 352 g/mol. The van der Waals surface area contributed by atoms with Crippen molar-refractivity contribution in [1.29, 1.82) is 0 Å². The summed E-state index contributed by atoms with van der Waals surface area (Å²) in [6.07, 6.45) is 3.12. The van der Waals surface area contributed by atoms with E-state index < -0.39 is 0 Å². The van der Waals surface area contributed by atoms with Gasteiger partial charge in [-0.05, 0) is 36.4 Å². The summed E-state index contributed by atoms with van der Waals surface area (Å²) in [7, 11) is 3.07. The van der Waals surface area contributed by atoms with Crippen molar-refractivity contribution in [2.24, 2.45) is 0 Å². The molecule has 0 N–H and O–H groups in total. The fourth-order valence-corrected chi connectivity index (χ4v) is 2.98. The predicted molar refractivity (Wildman–Crippen MR) is 96.5 cm³/mol. The molecule has 0 atom stereocenters. The highest BCUT2D eigenvalue weighted by molar-refractivity contribution is 6.07. The highest BCUT2D eigenvalue weighted by atomic mass is 16.7. The highest BCUT2D eigenvalue weighted by Gasteiger charge is 2.26. The number of carbonyl (C=O) groups excluding carboxylic acids is 1. The lowest BCUT2D eigenvalue weighted by Crippen LogP contribution is -2.15. The molecule has 2 aliphatic rings. The maximum absolute atomic E-state index is 12.6. The van der Waals surface area contributed by atoms with Crippen LogP contribution in [0.3, 0.4) is 0 Å². The first-order chi connectivity index (χ1) is 13.2. The molecule has 0 saturated heterocycles. The molecule has 7 heteroatoms. The van der Waals surface area contributed by atoms with Crippen LogP contribution in [0.2, 0.25) is 0 Å². The van der Waals surface area contributed by atoms with Crippen LogP contribution in [0, 0.1) is 0 Å². The van der Waals surface area contributed by atoms with E-state index in [4.69, 9.17) is 28.4 Å². The lowest BCUT2D eigenvalue weighted by Gasteiger charge is -2.18. The van der Waals surface area contributed by atoms with Gasteiger partial charge < -0.3 is 28.4 Å². The first kappa shape index (κ1) is 17.1. The minimum absolute atomic E-state index is 0.0886. The van der Waals surface area contributed by atoms with E-state index in [0.717, 1.165) is 0 Å². The average molecular weight is 370 g/mol. The molecule has 0 saturated carbocycles. The molecule has 7 nitrogen and oxygen atoms in total. The van der Waals surface area contributed by atoms with Crippen molar-refractivity contribution in [1.82, 2.24) is 0 Å². The van der Waals surface area contributed by atoms with Crippen LogP contribution in [0.25, 0.3) is 6.08 Å². The normalized spacial score (nSPS) is 14.3. The number of rotatable bonds is 5. The molecule has 0 radical (unpaired) electrons. The Bertz CT molecular complexity index is 917. The molecular formula is C20H18O7. The summed E-state index contributed by atoms with van der Waals surface area (Å²) in [4.78, 5) is 12.6. The smallest absolute Gasteiger partial charge is 0.231 e. The fourth-order valence-electron chi connectivity index (χ4n) is 2.98. The van der Waals surface area contributed by atoms with Gasteiger partial charge in [-0.1, -0.05) is 0 Å². The first-order valence-electron chi connectivity index (χ1n) is 8.38. The van der Waals surface area contributed by atoms with Crippen LogP contribution in [0.1, 0.15) is 15.9 Å². The summed E-state index contributed by atoms with van der Waals surface area (Å²) < 4.78 is 32.7. The summed E-state index contributed by atoms with van der Waals surface area (Å²) in [6.45, 7) is 1.06. The zero-order valence-electron chi connectivity index (χ0n) is 14.9. The van der Waals surface area contributed by atoms with E-state index in [9.17, 15) is 4.79 Å². The number of ketones is 1. The van der Waals surface area contributed by atoms with Gasteiger partial charge in [0, 0.05) is 11.1 Å². The summed E-state index contributed by atoms with van der Waals surface area (Å²) in [5, 5.41) is 0. The number of hydrogen-bond donors (Lipinski definition) is 0. The molecule has 27 heavy (non-hydrogen) atoms. The fraction of sp³-hybridized carbons (Fsp3) is 0.250. The number of allylic oxidation sites excluding steroid dienone is 1. The van der Waals surface area contributed by atoms with E-state index >= 15 is 0 Å². The molecule has 2 aromatic rings. The van der Waals surface area contributed by atoms with E-state index in [0.29, 0.717) is 58.8 Å². The number of hydrogen-bond acceptors (Lipinski definition) is 7. The minimum atomic E-state index is -0.175. The minimum Gasteiger partial charge on any atom is -0.493 e. The second-order valence-corrected chi connectivity index (χ2v) is 5.82. The van der Waals surface area contributed by atoms with Crippen molar-refractivity contribution in [2.75, 3.05) is 34.2 Å². The quantitative estimate of drug-likeness (QED) is 0.591. The van der Waals surface area contributed by atoms with Gasteiger partial charge in [0.25, 0.3) is 0 Å². The van der Waals surface area contributed by atoms with Crippen LogP contribution in [0.4, 0.5) is 0 Å². The Kier molecular flexibility index (Phi) is 4.50. The SMILES string of the molecule is COc1cc(/C=C/C(=O)c2ccc3c(c2)OCCO3)c(OC)c2c1OCO2. The Hall–Kier alpha value is -3.35. The van der Waals surface area contributed by atoms with Crippen LogP contribution in [-0.4, -0.2) is 40.0 Å². The molecule has 2 heterocycles. The number of methoxy groups -OCH3 is 2. The summed E-state index contributed by atoms with van der Waals surface area (Å²) in [5.41, 5.74) is 1.15. The Balaban J connectivity index is 1.64. The van der Waals surface area contributed by atoms with Gasteiger partial charge in [0.15, 0.2) is 28.8 Å². The van der Waals surface area contributed by atoms with Gasteiger partial charge in [0.1, 0.15) is 13.2 Å². The number of ether oxygens (including phenoxy) is 6. The van der Waals surface area contributed by atoms with E-state index in [1.165, 1.54) is 20.3 Å². The molecule has 4 rings (SSSR count). The lowest BCUT2D eigenvalue weighted by molar-refractivity contribution is 0.104. The van der Waals surface area contributed by atoms with Gasteiger partial charge >= 0.3 is 0 Å². The molecule has 0 aromatic heterocycles. The Morgan fingerprint density at radius 2 is 1.74 bits per heavy atom. The largest absolute Gasteiger partial charge is 0.493 e. The molecule has 0 amide bonds. The van der Waals surface area contributed by atoms with E-state index in [-0.39, 0.29) is 12.6 Å². The standard InChI is InChI=1S/C20H18O7/c1-22-17-10-13(18(23-2)20-19(17)26-11-27-20)3-5-14(21)12-4-6-15-16(9-12)25-8-7-24-15/h3-6,9-10H,7-8,11H2,1-2H3/b5-3+. The van der Waals surface area contributed by atoms with Gasteiger partial charge in [-0.25, -0.2) is 0 Å². The zero-order valence-corrected chi connectivity index (χ0v) is 14.9. The van der Waals surface area contributed by atoms with Crippen LogP contribution >= 0.6 is 0 Å². The Labute approximate surface area is 156 Å². The van der Waals surface area contributed by atoms with Crippen molar-refractivity contribution >= 4 is 11.9 Å². The van der Waals surface area contributed by atoms with Crippen molar-refractivity contribution in [3.63, 3.8) is 0 Å². The second-order valence-electron chi connectivity index (χ2n) is 5.82. The van der Waals surface area contributed by atoms with Crippen molar-refractivity contribution < 1.29 is 33.2 Å². The van der Waals surface area contributed by atoms with Gasteiger partial charge in [-0.3, -0.25) is 4.79 Å². The molecule has 2 aromatic carbocycles. The van der Waals surface area contributed by atoms with Crippen molar-refractivity contribution in [2.45, 2.75) is 0 Å². The van der Waals surface area contributed by atoms with Gasteiger partial charge in [-0.15, -0.1) is 0 Å². The number of fused-ring (bicyclic) bond motifs is 2. The number of benzene rings is 2. The molecule has 0 unspecified atom stereocenters. The van der Waals surface area contributed by atoms with Gasteiger partial charge in [0.05, 0.1) is 14.2 Å². The average Bonchev–Trinajstić information content (AvgIpc) is 3.20. The van der Waals surface area contributed by atoms with Crippen LogP contribution in [-0.2, 0) is 0 Å². The first-order valence-corrected chi connectivity index (χ1v) is 8.38. The van der Waals surface area contributed by atoms with Crippen molar-refractivity contribution in [3.8, 4) is 34.5 Å². The van der Waals surface area contributed by atoms with Crippen LogP contribution in [0.15, 0.2) is 30.3 Å². The highest BCUT2D eigenvalue weighted by Crippen LogP contribution is 2.49. The summed E-state index contributed by atoms with van der Waals surface area (Å²) >= 11 is 0. The molecule has 0 aliphatic carbocycles. The molecule has 140 valence electrons. The molecule has 0 spiro atoms. The monoisotopic (exact) mass is 370 g/mol. The second kappa shape index (κ2) is 7.11. The number of carbonyl (C=O) groups is 1. The van der Waals surface area contributed by atoms with Crippen LogP contribution in [0.5, 0.6) is 34.5 Å². The maximum atomic E-state index is 12.6. The molecule has 2 aliphatic heterocycles. The van der Waals surface area contributed by atoms with E-state index in [2.05, 4.69) is 0 Å². The van der Waals surface area contributed by atoms with Gasteiger partial charge in [0.2, 0.25) is 18.3 Å². The maximum Gasteiger partial charge on any atom is 0.231 e. The summed E-state index contributed by atoms with van der Waals surface area (Å²) in [5.74, 6) is 2.98. The third kappa shape index (κ3) is 3.12. The third-order valence-corrected chi connectivity index (χ3v) is 4.26.